The number of hydrogen-bond acceptors (Lipinski definition) is 7. The Morgan fingerprint density at radius 3 is 2.90 bits per heavy atom. The molecule has 0 fully saturated rings. The largest absolute Gasteiger partial charge is 0.320 e. The lowest BCUT2D eigenvalue weighted by Gasteiger charge is -2.13. The van der Waals surface area contributed by atoms with Gasteiger partial charge in [-0.2, -0.15) is 0 Å². The maximum atomic E-state index is 12.4. The molecule has 4 rings (SSSR count). The van der Waals surface area contributed by atoms with E-state index in [1.807, 2.05) is 0 Å². The van der Waals surface area contributed by atoms with Gasteiger partial charge in [-0.05, 0) is 43.7 Å². The first-order chi connectivity index (χ1) is 15.1. The average molecular weight is 458 g/mol. The van der Waals surface area contributed by atoms with Crippen molar-refractivity contribution in [3.05, 3.63) is 50.2 Å². The number of carbonyl (C=O) groups excluding carboxylic acids is 1. The fourth-order valence-corrected chi connectivity index (χ4v) is 5.65. The number of amides is 1. The van der Waals surface area contributed by atoms with E-state index in [1.54, 1.807) is 23.5 Å². The molecule has 2 heterocycles. The molecule has 0 bridgehead atoms. The molecule has 3 aromatic rings. The van der Waals surface area contributed by atoms with E-state index < -0.39 is 4.92 Å². The van der Waals surface area contributed by atoms with Crippen molar-refractivity contribution in [2.24, 2.45) is 0 Å². The van der Waals surface area contributed by atoms with E-state index in [4.69, 9.17) is 0 Å². The maximum absolute atomic E-state index is 12.4. The van der Waals surface area contributed by atoms with Crippen LogP contribution in [-0.4, -0.2) is 31.3 Å². The van der Waals surface area contributed by atoms with Crippen LogP contribution in [0.15, 0.2) is 34.8 Å². The number of nitro groups is 1. The molecule has 1 amide bonds. The van der Waals surface area contributed by atoms with Gasteiger partial charge in [-0.15, -0.1) is 21.5 Å². The first kappa shape index (κ1) is 21.5. The van der Waals surface area contributed by atoms with Crippen LogP contribution in [0.3, 0.4) is 0 Å². The van der Waals surface area contributed by atoms with Crippen LogP contribution in [-0.2, 0) is 24.2 Å². The Hall–Kier alpha value is -2.72. The zero-order valence-electron chi connectivity index (χ0n) is 17.2. The Kier molecular flexibility index (Phi) is 6.67. The maximum Gasteiger partial charge on any atom is 0.292 e. The van der Waals surface area contributed by atoms with E-state index in [9.17, 15) is 14.9 Å². The molecule has 31 heavy (non-hydrogen) atoms. The number of nitrogens with one attached hydrogen (secondary N) is 1. The predicted molar refractivity (Wildman–Crippen MR) is 123 cm³/mol. The monoisotopic (exact) mass is 457 g/mol. The minimum atomic E-state index is -0.506. The van der Waals surface area contributed by atoms with Crippen molar-refractivity contribution in [1.29, 1.82) is 0 Å². The number of nitro benzene ring substituents is 1. The lowest BCUT2D eigenvalue weighted by atomic mass is 9.95. The van der Waals surface area contributed by atoms with Gasteiger partial charge in [-0.1, -0.05) is 30.8 Å². The van der Waals surface area contributed by atoms with E-state index in [1.165, 1.54) is 47.2 Å². The van der Waals surface area contributed by atoms with Crippen molar-refractivity contribution in [2.75, 3.05) is 11.1 Å². The van der Waals surface area contributed by atoms with E-state index in [-0.39, 0.29) is 23.0 Å². The highest BCUT2D eigenvalue weighted by molar-refractivity contribution is 7.99. The van der Waals surface area contributed by atoms with Gasteiger partial charge in [0.05, 0.1) is 10.7 Å². The van der Waals surface area contributed by atoms with Crippen molar-refractivity contribution in [3.63, 3.8) is 0 Å². The van der Waals surface area contributed by atoms with Crippen LogP contribution in [0.2, 0.25) is 0 Å². The van der Waals surface area contributed by atoms with E-state index in [0.717, 1.165) is 37.2 Å². The molecule has 2 aromatic heterocycles. The molecule has 0 radical (unpaired) electrons. The van der Waals surface area contributed by atoms with Crippen molar-refractivity contribution >= 4 is 40.4 Å². The number of carbonyl (C=O) groups is 1. The first-order valence-electron chi connectivity index (χ1n) is 10.3. The third kappa shape index (κ3) is 4.64. The normalized spacial score (nSPS) is 13.1. The summed E-state index contributed by atoms with van der Waals surface area (Å²) in [7, 11) is 0. The number of para-hydroxylation sites is 2. The predicted octanol–water partition coefficient (Wildman–Crippen LogP) is 4.93. The van der Waals surface area contributed by atoms with Gasteiger partial charge < -0.3 is 9.88 Å². The quantitative estimate of drug-likeness (QED) is 0.292. The number of thioether (sulfide) groups is 1. The highest BCUT2D eigenvalue weighted by atomic mass is 32.2. The van der Waals surface area contributed by atoms with Gasteiger partial charge in [-0.3, -0.25) is 14.9 Å². The number of nitrogens with zero attached hydrogens (tertiary/aromatic N) is 4. The van der Waals surface area contributed by atoms with Crippen molar-refractivity contribution < 1.29 is 9.72 Å². The molecule has 0 spiro atoms. The van der Waals surface area contributed by atoms with Gasteiger partial charge in [0, 0.05) is 28.4 Å². The highest BCUT2D eigenvalue weighted by Crippen LogP contribution is 2.37. The standard InChI is InChI=1S/C21H23N5O3S2/c1-2-11-25-20(15-12-30-18-10-6-3-7-14(15)18)23-24-21(25)31-13-19(27)22-16-8-4-5-9-17(16)26(28)29/h4-5,8-9,12H,2-3,6-7,10-11,13H2,1H3,(H,22,27). The highest BCUT2D eigenvalue weighted by Gasteiger charge is 2.22. The SMILES string of the molecule is CCCn1c(SCC(=O)Nc2ccccc2[N+](=O)[O-])nnc1-c1csc2c1CCCC2. The lowest BCUT2D eigenvalue weighted by molar-refractivity contribution is -0.383. The third-order valence-electron chi connectivity index (χ3n) is 5.17. The van der Waals surface area contributed by atoms with Gasteiger partial charge in [0.25, 0.3) is 5.69 Å². The van der Waals surface area contributed by atoms with Crippen LogP contribution in [0, 0.1) is 10.1 Å². The molecule has 1 aliphatic rings. The summed E-state index contributed by atoms with van der Waals surface area (Å²) in [6.45, 7) is 2.86. The fourth-order valence-electron chi connectivity index (χ4n) is 3.76. The van der Waals surface area contributed by atoms with Crippen molar-refractivity contribution in [3.8, 4) is 11.4 Å². The molecule has 162 valence electrons. The molecular weight excluding hydrogens is 434 g/mol. The number of rotatable bonds is 8. The molecule has 8 nitrogen and oxygen atoms in total. The summed E-state index contributed by atoms with van der Waals surface area (Å²) < 4.78 is 2.08. The van der Waals surface area contributed by atoms with Crippen LogP contribution in [0.25, 0.3) is 11.4 Å². The number of aryl methyl sites for hydroxylation is 1. The molecule has 10 heteroatoms. The molecule has 1 N–H and O–H groups in total. The summed E-state index contributed by atoms with van der Waals surface area (Å²) in [4.78, 5) is 24.5. The minimum absolute atomic E-state index is 0.0929. The number of aromatic nitrogens is 3. The summed E-state index contributed by atoms with van der Waals surface area (Å²) in [6, 6.07) is 6.12. The van der Waals surface area contributed by atoms with Crippen molar-refractivity contribution in [1.82, 2.24) is 14.8 Å². The Labute approximate surface area is 188 Å². The second-order valence-electron chi connectivity index (χ2n) is 7.33. The Bertz CT molecular complexity index is 1110. The molecule has 0 atom stereocenters. The van der Waals surface area contributed by atoms with Gasteiger partial charge in [0.2, 0.25) is 5.91 Å². The molecule has 0 saturated carbocycles. The Morgan fingerprint density at radius 2 is 2.10 bits per heavy atom. The second-order valence-corrected chi connectivity index (χ2v) is 9.23. The number of anilines is 1. The average Bonchev–Trinajstić information content (AvgIpc) is 3.36. The zero-order valence-corrected chi connectivity index (χ0v) is 18.8. The smallest absolute Gasteiger partial charge is 0.292 e. The van der Waals surface area contributed by atoms with Gasteiger partial charge in [0.1, 0.15) is 5.69 Å². The topological polar surface area (TPSA) is 103 Å². The molecule has 1 aliphatic carbocycles. The Morgan fingerprint density at radius 1 is 1.29 bits per heavy atom. The van der Waals surface area contributed by atoms with Gasteiger partial charge in [-0.25, -0.2) is 0 Å². The second kappa shape index (κ2) is 9.61. The molecule has 0 saturated heterocycles. The summed E-state index contributed by atoms with van der Waals surface area (Å²) in [5.74, 6) is 0.637. The molecule has 0 aliphatic heterocycles. The number of hydrogen-bond donors (Lipinski definition) is 1. The molecule has 1 aromatic carbocycles. The minimum Gasteiger partial charge on any atom is -0.320 e. The zero-order chi connectivity index (χ0) is 21.8. The van der Waals surface area contributed by atoms with Crippen molar-refractivity contribution in [2.45, 2.75) is 50.7 Å². The number of benzene rings is 1. The summed E-state index contributed by atoms with van der Waals surface area (Å²) >= 11 is 3.09. The number of thiophene rings is 1. The lowest BCUT2D eigenvalue weighted by Crippen LogP contribution is -2.15. The van der Waals surface area contributed by atoms with Crippen LogP contribution < -0.4 is 5.32 Å². The summed E-state index contributed by atoms with van der Waals surface area (Å²) in [5, 5.41) is 25.5. The molecular formula is C21H23N5O3S2. The van der Waals surface area contributed by atoms with Crippen LogP contribution in [0.4, 0.5) is 11.4 Å². The van der Waals surface area contributed by atoms with Crippen LogP contribution in [0.5, 0.6) is 0 Å². The molecule has 0 unspecified atom stereocenters. The fraction of sp³-hybridized carbons (Fsp3) is 0.381. The van der Waals surface area contributed by atoms with Gasteiger partial charge in [0.15, 0.2) is 11.0 Å². The number of fused-ring (bicyclic) bond motifs is 1. The van der Waals surface area contributed by atoms with Crippen LogP contribution in [0.1, 0.15) is 36.6 Å². The van der Waals surface area contributed by atoms with E-state index in [2.05, 4.69) is 32.4 Å². The van der Waals surface area contributed by atoms with E-state index in [0.29, 0.717) is 5.16 Å². The summed E-state index contributed by atoms with van der Waals surface area (Å²) in [6.07, 6.45) is 5.58. The van der Waals surface area contributed by atoms with Crippen LogP contribution >= 0.6 is 23.1 Å². The summed E-state index contributed by atoms with van der Waals surface area (Å²) in [5.41, 5.74) is 2.63. The Balaban J connectivity index is 1.50. The van der Waals surface area contributed by atoms with Gasteiger partial charge >= 0.3 is 0 Å². The first-order valence-corrected chi connectivity index (χ1v) is 12.1. The van der Waals surface area contributed by atoms with E-state index >= 15 is 0 Å². The third-order valence-corrected chi connectivity index (χ3v) is 7.23.